The number of nitro groups is 1. The van der Waals surface area contributed by atoms with Crippen LogP contribution in [0.15, 0.2) is 29.8 Å². The number of hydrogen-bond acceptors (Lipinski definition) is 6. The van der Waals surface area contributed by atoms with Crippen LogP contribution in [0, 0.1) is 10.1 Å². The summed E-state index contributed by atoms with van der Waals surface area (Å²) in [5.41, 5.74) is -0.0758. The Labute approximate surface area is 126 Å². The lowest BCUT2D eigenvalue weighted by Crippen LogP contribution is -1.96. The number of nitro benzene ring substituents is 1. The van der Waals surface area contributed by atoms with Crippen LogP contribution in [0.5, 0.6) is 11.6 Å². The molecule has 0 amide bonds. The number of rotatable bonds is 4. The van der Waals surface area contributed by atoms with E-state index in [1.54, 1.807) is 16.0 Å². The van der Waals surface area contributed by atoms with Crippen molar-refractivity contribution in [2.24, 2.45) is 0 Å². The van der Waals surface area contributed by atoms with Crippen molar-refractivity contribution in [3.8, 4) is 11.6 Å². The van der Waals surface area contributed by atoms with Crippen LogP contribution in [0.3, 0.4) is 0 Å². The first-order chi connectivity index (χ1) is 10.1. The van der Waals surface area contributed by atoms with Gasteiger partial charge in [0.2, 0.25) is 11.6 Å². The molecular formula is C12H6ClN3O4S. The highest BCUT2D eigenvalue weighted by atomic mass is 35.5. The first-order valence-corrected chi connectivity index (χ1v) is 6.88. The minimum Gasteiger partial charge on any atom is -0.429 e. The Morgan fingerprint density at radius 2 is 2.29 bits per heavy atom. The average Bonchev–Trinajstić information content (AvgIpc) is 2.98. The van der Waals surface area contributed by atoms with E-state index in [2.05, 4.69) is 4.98 Å². The van der Waals surface area contributed by atoms with E-state index in [1.807, 2.05) is 0 Å². The Bertz CT molecular complexity index is 857. The molecule has 106 valence electrons. The van der Waals surface area contributed by atoms with E-state index >= 15 is 0 Å². The minimum absolute atomic E-state index is 0.00205. The first-order valence-electron chi connectivity index (χ1n) is 5.62. The number of nitrogens with zero attached hydrogens (tertiary/aromatic N) is 3. The van der Waals surface area contributed by atoms with Gasteiger partial charge in [0.05, 0.1) is 4.92 Å². The van der Waals surface area contributed by atoms with Gasteiger partial charge in [0.15, 0.2) is 16.9 Å². The number of ether oxygens (including phenoxy) is 1. The molecule has 0 bridgehead atoms. The first kappa shape index (κ1) is 13.5. The number of imidazole rings is 1. The maximum Gasteiger partial charge on any atom is 0.311 e. The fraction of sp³-hybridized carbons (Fsp3) is 0. The molecule has 0 aliphatic heterocycles. The normalized spacial score (nSPS) is 10.7. The average molecular weight is 324 g/mol. The second kappa shape index (κ2) is 5.15. The topological polar surface area (TPSA) is 86.7 Å². The van der Waals surface area contributed by atoms with Gasteiger partial charge in [-0.25, -0.2) is 0 Å². The number of aldehydes is 1. The van der Waals surface area contributed by atoms with Crippen LogP contribution in [0.1, 0.15) is 10.5 Å². The lowest BCUT2D eigenvalue weighted by molar-refractivity contribution is -0.385. The number of benzene rings is 1. The van der Waals surface area contributed by atoms with Crippen LogP contribution in [-0.4, -0.2) is 20.6 Å². The van der Waals surface area contributed by atoms with Gasteiger partial charge >= 0.3 is 5.69 Å². The Morgan fingerprint density at radius 3 is 3.00 bits per heavy atom. The lowest BCUT2D eigenvalue weighted by Gasteiger charge is -2.04. The molecule has 0 unspecified atom stereocenters. The highest BCUT2D eigenvalue weighted by Gasteiger charge is 2.20. The number of carbonyl (C=O) groups is 1. The van der Waals surface area contributed by atoms with Crippen LogP contribution < -0.4 is 4.74 Å². The van der Waals surface area contributed by atoms with Crippen LogP contribution >= 0.6 is 22.9 Å². The monoisotopic (exact) mass is 323 g/mol. The Morgan fingerprint density at radius 1 is 1.48 bits per heavy atom. The maximum atomic E-state index is 11.2. The van der Waals surface area contributed by atoms with E-state index in [9.17, 15) is 14.9 Å². The minimum atomic E-state index is -0.593. The summed E-state index contributed by atoms with van der Waals surface area (Å²) >= 11 is 7.14. The molecule has 0 N–H and O–H groups in total. The molecule has 2 heterocycles. The third kappa shape index (κ3) is 2.34. The molecule has 7 nitrogen and oxygen atoms in total. The van der Waals surface area contributed by atoms with Gasteiger partial charge in [-0.1, -0.05) is 11.6 Å². The molecular weight excluding hydrogens is 318 g/mol. The predicted octanol–water partition coefficient (Wildman–Crippen LogP) is 3.56. The molecule has 21 heavy (non-hydrogen) atoms. The van der Waals surface area contributed by atoms with Gasteiger partial charge in [0.1, 0.15) is 0 Å². The van der Waals surface area contributed by atoms with Gasteiger partial charge in [-0.2, -0.15) is 4.98 Å². The van der Waals surface area contributed by atoms with E-state index in [1.165, 1.54) is 29.5 Å². The number of aromatic nitrogens is 2. The van der Waals surface area contributed by atoms with Crippen molar-refractivity contribution in [1.29, 1.82) is 0 Å². The van der Waals surface area contributed by atoms with Crippen molar-refractivity contribution in [2.75, 3.05) is 0 Å². The second-order valence-electron chi connectivity index (χ2n) is 3.95. The van der Waals surface area contributed by atoms with Crippen LogP contribution in [0.4, 0.5) is 5.69 Å². The molecule has 3 rings (SSSR count). The van der Waals surface area contributed by atoms with Crippen molar-refractivity contribution in [2.45, 2.75) is 0 Å². The molecule has 0 saturated carbocycles. The van der Waals surface area contributed by atoms with Crippen LogP contribution in [-0.2, 0) is 0 Å². The fourth-order valence-electron chi connectivity index (χ4n) is 1.79. The molecule has 0 saturated heterocycles. The standard InChI is InChI=1S/C12H6ClN3O4S/c13-7-1-2-8(16(18)19)10(5-7)20-11-9(6-17)15-3-4-21-12(15)14-11/h1-6H. The maximum absolute atomic E-state index is 11.2. The van der Waals surface area contributed by atoms with E-state index < -0.39 is 4.92 Å². The summed E-state index contributed by atoms with van der Waals surface area (Å²) in [5, 5.41) is 13.0. The van der Waals surface area contributed by atoms with E-state index in [0.717, 1.165) is 0 Å². The largest absolute Gasteiger partial charge is 0.429 e. The van der Waals surface area contributed by atoms with Crippen molar-refractivity contribution in [1.82, 2.24) is 9.38 Å². The van der Waals surface area contributed by atoms with Gasteiger partial charge in [-0.15, -0.1) is 11.3 Å². The van der Waals surface area contributed by atoms with E-state index in [0.29, 0.717) is 11.2 Å². The predicted molar refractivity (Wildman–Crippen MR) is 76.6 cm³/mol. The summed E-state index contributed by atoms with van der Waals surface area (Å²) in [7, 11) is 0. The smallest absolute Gasteiger partial charge is 0.311 e. The second-order valence-corrected chi connectivity index (χ2v) is 5.26. The number of fused-ring (bicyclic) bond motifs is 1. The Kier molecular flexibility index (Phi) is 3.32. The third-order valence-electron chi connectivity index (χ3n) is 2.70. The fourth-order valence-corrected chi connectivity index (χ4v) is 2.67. The highest BCUT2D eigenvalue weighted by molar-refractivity contribution is 7.15. The molecule has 0 aliphatic carbocycles. The summed E-state index contributed by atoms with van der Waals surface area (Å²) < 4.78 is 6.98. The summed E-state index contributed by atoms with van der Waals surface area (Å²) in [4.78, 5) is 26.3. The summed E-state index contributed by atoms with van der Waals surface area (Å²) in [6, 6.07) is 3.93. The molecule has 0 fully saturated rings. The molecule has 0 spiro atoms. The zero-order valence-corrected chi connectivity index (χ0v) is 11.8. The molecule has 2 aromatic heterocycles. The number of carbonyl (C=O) groups excluding carboxylic acids is 1. The van der Waals surface area contributed by atoms with Crippen molar-refractivity contribution in [3.63, 3.8) is 0 Å². The number of halogens is 1. The quantitative estimate of drug-likeness (QED) is 0.416. The van der Waals surface area contributed by atoms with Crippen molar-refractivity contribution >= 4 is 39.9 Å². The van der Waals surface area contributed by atoms with Gasteiger partial charge in [0.25, 0.3) is 0 Å². The number of hydrogen-bond donors (Lipinski definition) is 0. The molecule has 3 aromatic rings. The Hall–Kier alpha value is -2.45. The summed E-state index contributed by atoms with van der Waals surface area (Å²) in [5.74, 6) is -0.0661. The molecule has 0 radical (unpaired) electrons. The van der Waals surface area contributed by atoms with Crippen molar-refractivity contribution < 1.29 is 14.5 Å². The Balaban J connectivity index is 2.10. The van der Waals surface area contributed by atoms with Gasteiger partial charge in [0, 0.05) is 28.7 Å². The molecule has 1 aromatic carbocycles. The molecule has 9 heteroatoms. The van der Waals surface area contributed by atoms with Gasteiger partial charge in [-0.3, -0.25) is 19.3 Å². The van der Waals surface area contributed by atoms with Gasteiger partial charge < -0.3 is 4.74 Å². The van der Waals surface area contributed by atoms with E-state index in [-0.39, 0.29) is 28.0 Å². The van der Waals surface area contributed by atoms with E-state index in [4.69, 9.17) is 16.3 Å². The van der Waals surface area contributed by atoms with Gasteiger partial charge in [-0.05, 0) is 6.07 Å². The number of thiazole rings is 1. The SMILES string of the molecule is O=Cc1c(Oc2cc(Cl)ccc2[N+](=O)[O-])nc2sccn12. The summed E-state index contributed by atoms with van der Waals surface area (Å²) in [6.45, 7) is 0. The lowest BCUT2D eigenvalue weighted by atomic mass is 10.3. The zero-order chi connectivity index (χ0) is 15.0. The molecule has 0 atom stereocenters. The third-order valence-corrected chi connectivity index (χ3v) is 3.69. The van der Waals surface area contributed by atoms with Crippen LogP contribution in [0.25, 0.3) is 4.96 Å². The summed E-state index contributed by atoms with van der Waals surface area (Å²) in [6.07, 6.45) is 2.24. The molecule has 0 aliphatic rings. The highest BCUT2D eigenvalue weighted by Crippen LogP contribution is 2.35. The van der Waals surface area contributed by atoms with Crippen molar-refractivity contribution in [3.05, 3.63) is 50.6 Å². The van der Waals surface area contributed by atoms with Crippen LogP contribution in [0.2, 0.25) is 5.02 Å². The zero-order valence-electron chi connectivity index (χ0n) is 10.2.